The predicted octanol–water partition coefficient (Wildman–Crippen LogP) is 3.18. The van der Waals surface area contributed by atoms with E-state index in [1.54, 1.807) is 0 Å². The zero-order valence-electron chi connectivity index (χ0n) is 7.56. The third-order valence-electron chi connectivity index (χ3n) is 1.86. The number of ether oxygens (including phenoxy) is 1. The Kier molecular flexibility index (Phi) is 2.75. The minimum absolute atomic E-state index is 0.522. The predicted molar refractivity (Wildman–Crippen MR) is 56.5 cm³/mol. The molecule has 0 N–H and O–H groups in total. The summed E-state index contributed by atoms with van der Waals surface area (Å²) in [6.07, 6.45) is 3.91. The van der Waals surface area contributed by atoms with Gasteiger partial charge in [-0.2, -0.15) is 0 Å². The molecule has 0 amide bonds. The van der Waals surface area contributed by atoms with Crippen LogP contribution in [-0.4, -0.2) is 4.57 Å². The number of benzene rings is 1. The van der Waals surface area contributed by atoms with Crippen molar-refractivity contribution in [2.45, 2.75) is 6.73 Å². The van der Waals surface area contributed by atoms with Crippen LogP contribution >= 0.6 is 11.6 Å². The Morgan fingerprint density at radius 3 is 2.36 bits per heavy atom. The van der Waals surface area contributed by atoms with Crippen molar-refractivity contribution in [1.29, 1.82) is 0 Å². The molecule has 14 heavy (non-hydrogen) atoms. The minimum atomic E-state index is 0.522. The smallest absolute Gasteiger partial charge is 0.164 e. The summed E-state index contributed by atoms with van der Waals surface area (Å²) >= 11 is 5.75. The molecule has 2 nitrogen and oxygen atoms in total. The molecule has 0 aliphatic rings. The van der Waals surface area contributed by atoms with Crippen LogP contribution in [0.15, 0.2) is 48.8 Å². The lowest BCUT2D eigenvalue weighted by atomic mass is 10.3. The molecule has 0 radical (unpaired) electrons. The summed E-state index contributed by atoms with van der Waals surface area (Å²) in [4.78, 5) is 0. The van der Waals surface area contributed by atoms with Crippen LogP contribution in [0.25, 0.3) is 0 Å². The van der Waals surface area contributed by atoms with Crippen LogP contribution in [0.4, 0.5) is 0 Å². The van der Waals surface area contributed by atoms with Crippen molar-refractivity contribution in [3.8, 4) is 5.75 Å². The first-order valence-corrected chi connectivity index (χ1v) is 4.71. The highest BCUT2D eigenvalue weighted by molar-refractivity contribution is 6.30. The van der Waals surface area contributed by atoms with Gasteiger partial charge in [-0.25, -0.2) is 0 Å². The van der Waals surface area contributed by atoms with E-state index in [1.165, 1.54) is 0 Å². The molecule has 2 rings (SSSR count). The van der Waals surface area contributed by atoms with Crippen molar-refractivity contribution >= 4 is 11.6 Å². The molecule has 0 saturated carbocycles. The van der Waals surface area contributed by atoms with Crippen LogP contribution in [-0.2, 0) is 6.73 Å². The van der Waals surface area contributed by atoms with E-state index in [2.05, 4.69) is 0 Å². The van der Waals surface area contributed by atoms with Gasteiger partial charge in [0, 0.05) is 17.4 Å². The maximum absolute atomic E-state index is 5.75. The molecular weight excluding hydrogens is 198 g/mol. The van der Waals surface area contributed by atoms with Crippen LogP contribution in [0, 0.1) is 0 Å². The Labute approximate surface area is 87.7 Å². The van der Waals surface area contributed by atoms with Gasteiger partial charge in [0.15, 0.2) is 6.73 Å². The van der Waals surface area contributed by atoms with E-state index in [0.717, 1.165) is 10.8 Å². The van der Waals surface area contributed by atoms with E-state index < -0.39 is 0 Å². The fourth-order valence-corrected chi connectivity index (χ4v) is 1.26. The summed E-state index contributed by atoms with van der Waals surface area (Å²) in [5, 5.41) is 0.721. The van der Waals surface area contributed by atoms with E-state index in [-0.39, 0.29) is 0 Å². The summed E-state index contributed by atoms with van der Waals surface area (Å²) in [5.41, 5.74) is 0. The molecule has 2 aromatic rings. The highest BCUT2D eigenvalue weighted by Gasteiger charge is 1.93. The van der Waals surface area contributed by atoms with E-state index >= 15 is 0 Å². The highest BCUT2D eigenvalue weighted by Crippen LogP contribution is 2.15. The average molecular weight is 208 g/mol. The summed E-state index contributed by atoms with van der Waals surface area (Å²) in [7, 11) is 0. The Balaban J connectivity index is 1.95. The fourth-order valence-electron chi connectivity index (χ4n) is 1.14. The van der Waals surface area contributed by atoms with Gasteiger partial charge in [0.25, 0.3) is 0 Å². The quantitative estimate of drug-likeness (QED) is 0.754. The van der Waals surface area contributed by atoms with Crippen molar-refractivity contribution < 1.29 is 4.74 Å². The maximum Gasteiger partial charge on any atom is 0.164 e. The molecular formula is C11H10ClNO. The van der Waals surface area contributed by atoms with Crippen LogP contribution in [0.2, 0.25) is 5.02 Å². The monoisotopic (exact) mass is 207 g/mol. The summed E-state index contributed by atoms with van der Waals surface area (Å²) in [6, 6.07) is 11.3. The lowest BCUT2D eigenvalue weighted by Gasteiger charge is -2.06. The third kappa shape index (κ3) is 2.30. The van der Waals surface area contributed by atoms with Crippen LogP contribution in [0.5, 0.6) is 5.75 Å². The average Bonchev–Trinajstić information content (AvgIpc) is 2.70. The van der Waals surface area contributed by atoms with E-state index in [0.29, 0.717) is 6.73 Å². The summed E-state index contributed by atoms with van der Waals surface area (Å²) in [5.74, 6) is 0.822. The number of rotatable bonds is 3. The first-order chi connectivity index (χ1) is 6.84. The van der Waals surface area contributed by atoms with Gasteiger partial charge in [0.05, 0.1) is 0 Å². The molecule has 1 aromatic heterocycles. The van der Waals surface area contributed by atoms with Crippen molar-refractivity contribution in [2.75, 3.05) is 0 Å². The van der Waals surface area contributed by atoms with Gasteiger partial charge in [0.2, 0.25) is 0 Å². The molecule has 0 bridgehead atoms. The second-order valence-corrected chi connectivity index (χ2v) is 3.36. The van der Waals surface area contributed by atoms with E-state index in [4.69, 9.17) is 16.3 Å². The maximum atomic E-state index is 5.75. The molecule has 0 fully saturated rings. The second-order valence-electron chi connectivity index (χ2n) is 2.92. The Morgan fingerprint density at radius 2 is 1.71 bits per heavy atom. The van der Waals surface area contributed by atoms with Crippen molar-refractivity contribution in [3.63, 3.8) is 0 Å². The molecule has 0 aliphatic heterocycles. The highest BCUT2D eigenvalue weighted by atomic mass is 35.5. The number of aromatic nitrogens is 1. The number of nitrogens with zero attached hydrogens (tertiary/aromatic N) is 1. The Bertz CT molecular complexity index is 380. The van der Waals surface area contributed by atoms with E-state index in [9.17, 15) is 0 Å². The number of hydrogen-bond acceptors (Lipinski definition) is 1. The Morgan fingerprint density at radius 1 is 1.07 bits per heavy atom. The van der Waals surface area contributed by atoms with Crippen LogP contribution in [0.1, 0.15) is 0 Å². The van der Waals surface area contributed by atoms with Crippen molar-refractivity contribution in [1.82, 2.24) is 4.57 Å². The first-order valence-electron chi connectivity index (χ1n) is 4.34. The van der Waals surface area contributed by atoms with Gasteiger partial charge in [-0.05, 0) is 36.4 Å². The molecule has 0 saturated heterocycles. The van der Waals surface area contributed by atoms with Gasteiger partial charge >= 0.3 is 0 Å². The molecule has 72 valence electrons. The zero-order valence-corrected chi connectivity index (χ0v) is 8.32. The Hall–Kier alpha value is -1.41. The normalized spacial score (nSPS) is 10.1. The van der Waals surface area contributed by atoms with Gasteiger partial charge in [-0.15, -0.1) is 0 Å². The van der Waals surface area contributed by atoms with Crippen LogP contribution < -0.4 is 4.74 Å². The lowest BCUT2D eigenvalue weighted by Crippen LogP contribution is -2.01. The minimum Gasteiger partial charge on any atom is -0.473 e. The van der Waals surface area contributed by atoms with Gasteiger partial charge in [0.1, 0.15) is 5.75 Å². The number of halogens is 1. The van der Waals surface area contributed by atoms with Crippen LogP contribution in [0.3, 0.4) is 0 Å². The summed E-state index contributed by atoms with van der Waals surface area (Å²) in [6.45, 7) is 0.522. The first kappa shape index (κ1) is 9.16. The summed E-state index contributed by atoms with van der Waals surface area (Å²) < 4.78 is 7.46. The molecule has 0 atom stereocenters. The van der Waals surface area contributed by atoms with Gasteiger partial charge in [-0.3, -0.25) is 0 Å². The SMILES string of the molecule is Clc1ccc(OCn2cccc2)cc1. The molecule has 0 unspecified atom stereocenters. The second kappa shape index (κ2) is 4.20. The third-order valence-corrected chi connectivity index (χ3v) is 2.11. The van der Waals surface area contributed by atoms with Crippen molar-refractivity contribution in [3.05, 3.63) is 53.8 Å². The lowest BCUT2D eigenvalue weighted by molar-refractivity contribution is 0.237. The topological polar surface area (TPSA) is 14.2 Å². The molecule has 3 heteroatoms. The zero-order chi connectivity index (χ0) is 9.80. The fraction of sp³-hybridized carbons (Fsp3) is 0.0909. The van der Waals surface area contributed by atoms with Gasteiger partial charge in [-0.1, -0.05) is 11.6 Å². The molecule has 0 spiro atoms. The largest absolute Gasteiger partial charge is 0.473 e. The van der Waals surface area contributed by atoms with E-state index in [1.807, 2.05) is 53.4 Å². The standard InChI is InChI=1S/C11H10ClNO/c12-10-3-5-11(6-4-10)14-9-13-7-1-2-8-13/h1-8H,9H2. The van der Waals surface area contributed by atoms with Crippen molar-refractivity contribution in [2.24, 2.45) is 0 Å². The van der Waals surface area contributed by atoms with Gasteiger partial charge < -0.3 is 9.30 Å². The number of hydrogen-bond donors (Lipinski definition) is 0. The molecule has 0 aliphatic carbocycles. The molecule has 1 aromatic carbocycles. The molecule has 1 heterocycles.